The van der Waals surface area contributed by atoms with Crippen LogP contribution in [-0.4, -0.2) is 29.2 Å². The monoisotopic (exact) mass is 349 g/mol. The van der Waals surface area contributed by atoms with Gasteiger partial charge in [0.2, 0.25) is 0 Å². The van der Waals surface area contributed by atoms with Crippen LogP contribution < -0.4 is 15.8 Å². The Morgan fingerprint density at radius 3 is 2.96 bits per heavy atom. The third-order valence-electron chi connectivity index (χ3n) is 3.96. The molecule has 1 amide bonds. The lowest BCUT2D eigenvalue weighted by Gasteiger charge is -2.38. The molecule has 0 fully saturated rings. The normalized spacial score (nSPS) is 23.0. The number of nitrogens with zero attached hydrogens (tertiary/aromatic N) is 1. The van der Waals surface area contributed by atoms with Crippen LogP contribution in [0.2, 0.25) is 0 Å². The summed E-state index contributed by atoms with van der Waals surface area (Å²) >= 11 is 1.53. The van der Waals surface area contributed by atoms with E-state index in [2.05, 4.69) is 5.32 Å². The number of hydrogen-bond acceptors (Lipinski definition) is 6. The number of ether oxygens (including phenoxy) is 2. The largest absolute Gasteiger partial charge is 0.493 e. The number of fused-ring (bicyclic) bond motifs is 2. The van der Waals surface area contributed by atoms with Crippen LogP contribution in [0.3, 0.4) is 0 Å². The number of carbonyl (C=O) groups excluding carboxylic acids is 1. The molecule has 7 heteroatoms. The molecule has 130 valence electrons. The summed E-state index contributed by atoms with van der Waals surface area (Å²) in [6.07, 6.45) is 1.17. The van der Waals surface area contributed by atoms with Gasteiger partial charge in [-0.2, -0.15) is 0 Å². The molecule has 3 N–H and O–H groups in total. The van der Waals surface area contributed by atoms with Crippen LogP contribution in [0.4, 0.5) is 10.5 Å². The molecule has 0 saturated heterocycles. The molecule has 24 heavy (non-hydrogen) atoms. The van der Waals surface area contributed by atoms with E-state index in [4.69, 9.17) is 20.2 Å². The van der Waals surface area contributed by atoms with Crippen molar-refractivity contribution in [1.82, 2.24) is 5.32 Å². The third-order valence-corrected chi connectivity index (χ3v) is 4.83. The molecule has 1 aromatic carbocycles. The quantitative estimate of drug-likeness (QED) is 0.702. The first-order valence-electron chi connectivity index (χ1n) is 8.03. The van der Waals surface area contributed by atoms with Crippen LogP contribution in [-0.2, 0) is 10.3 Å². The number of hydrogen-bond donors (Lipinski definition) is 2. The van der Waals surface area contributed by atoms with Gasteiger partial charge in [0.05, 0.1) is 12.1 Å². The van der Waals surface area contributed by atoms with Gasteiger partial charge >= 0.3 is 6.09 Å². The second-order valence-electron chi connectivity index (χ2n) is 7.03. The SMILES string of the molecule is CC(C)(C)OC(=O)NC1=NC2(CCOc3ccc(N)cc32)CCS1. The van der Waals surface area contributed by atoms with Gasteiger partial charge in [-0.3, -0.25) is 10.3 Å². The Balaban J connectivity index is 1.87. The Morgan fingerprint density at radius 1 is 1.42 bits per heavy atom. The highest BCUT2D eigenvalue weighted by Crippen LogP contribution is 2.46. The summed E-state index contributed by atoms with van der Waals surface area (Å²) in [4.78, 5) is 16.9. The smallest absolute Gasteiger partial charge is 0.413 e. The van der Waals surface area contributed by atoms with E-state index in [-0.39, 0.29) is 0 Å². The molecule has 1 aromatic rings. The zero-order valence-corrected chi connectivity index (χ0v) is 15.0. The molecular formula is C17H23N3O3S. The lowest BCUT2D eigenvalue weighted by atomic mass is 9.82. The van der Waals surface area contributed by atoms with Crippen molar-refractivity contribution in [3.63, 3.8) is 0 Å². The molecule has 0 saturated carbocycles. The van der Waals surface area contributed by atoms with E-state index in [1.807, 2.05) is 39.0 Å². The Bertz CT molecular complexity index is 684. The zero-order valence-electron chi connectivity index (χ0n) is 14.2. The topological polar surface area (TPSA) is 85.9 Å². The summed E-state index contributed by atoms with van der Waals surface area (Å²) in [7, 11) is 0. The number of rotatable bonds is 0. The van der Waals surface area contributed by atoms with Gasteiger partial charge in [0, 0.05) is 23.4 Å². The van der Waals surface area contributed by atoms with Crippen LogP contribution in [0.15, 0.2) is 23.2 Å². The van der Waals surface area contributed by atoms with Gasteiger partial charge in [0.1, 0.15) is 11.4 Å². The summed E-state index contributed by atoms with van der Waals surface area (Å²) in [5.41, 5.74) is 6.71. The van der Waals surface area contributed by atoms with E-state index in [9.17, 15) is 4.79 Å². The van der Waals surface area contributed by atoms with Crippen molar-refractivity contribution in [3.8, 4) is 5.75 Å². The predicted molar refractivity (Wildman–Crippen MR) is 96.5 cm³/mol. The van der Waals surface area contributed by atoms with Gasteiger partial charge in [-0.25, -0.2) is 4.79 Å². The first-order valence-corrected chi connectivity index (χ1v) is 9.01. The summed E-state index contributed by atoms with van der Waals surface area (Å²) in [5, 5.41) is 3.36. The van der Waals surface area contributed by atoms with E-state index in [0.717, 1.165) is 29.9 Å². The van der Waals surface area contributed by atoms with Crippen molar-refractivity contribution in [3.05, 3.63) is 23.8 Å². The lowest BCUT2D eigenvalue weighted by molar-refractivity contribution is 0.0564. The number of thioether (sulfide) groups is 1. The average molecular weight is 349 g/mol. The van der Waals surface area contributed by atoms with Crippen LogP contribution in [0.1, 0.15) is 39.2 Å². The highest BCUT2D eigenvalue weighted by Gasteiger charge is 2.40. The van der Waals surface area contributed by atoms with Crippen molar-refractivity contribution in [2.75, 3.05) is 18.1 Å². The molecule has 0 radical (unpaired) electrons. The lowest BCUT2D eigenvalue weighted by Crippen LogP contribution is -2.41. The summed E-state index contributed by atoms with van der Waals surface area (Å²) < 4.78 is 11.1. The standard InChI is InChI=1S/C17H23N3O3S/c1-16(2,3)23-15(21)19-14-20-17(7-9-24-14)6-8-22-13-5-4-11(18)10-12(13)17/h4-5,10H,6-9,18H2,1-3H3,(H,19,20,21). The number of amidine groups is 1. The number of nitrogen functional groups attached to an aromatic ring is 1. The molecule has 1 atom stereocenters. The molecule has 0 aliphatic carbocycles. The maximum Gasteiger partial charge on any atom is 0.413 e. The fourth-order valence-electron chi connectivity index (χ4n) is 2.93. The number of alkyl carbamates (subject to hydrolysis) is 1. The van der Waals surface area contributed by atoms with Crippen molar-refractivity contribution in [1.29, 1.82) is 0 Å². The molecule has 3 rings (SSSR count). The molecule has 0 bridgehead atoms. The molecule has 2 aliphatic rings. The van der Waals surface area contributed by atoms with E-state index in [1.165, 1.54) is 11.8 Å². The van der Waals surface area contributed by atoms with E-state index in [1.54, 1.807) is 0 Å². The van der Waals surface area contributed by atoms with Crippen molar-refractivity contribution in [2.45, 2.75) is 44.8 Å². The Morgan fingerprint density at radius 2 is 2.21 bits per heavy atom. The Hall–Kier alpha value is -1.89. The second kappa shape index (κ2) is 6.20. The highest BCUT2D eigenvalue weighted by molar-refractivity contribution is 8.13. The van der Waals surface area contributed by atoms with Gasteiger partial charge in [0.25, 0.3) is 0 Å². The average Bonchev–Trinajstić information content (AvgIpc) is 2.46. The van der Waals surface area contributed by atoms with Crippen molar-refractivity contribution in [2.24, 2.45) is 4.99 Å². The Kier molecular flexibility index (Phi) is 4.38. The maximum absolute atomic E-state index is 12.0. The Labute approximate surface area is 146 Å². The summed E-state index contributed by atoms with van der Waals surface area (Å²) in [6, 6.07) is 5.65. The zero-order chi connectivity index (χ0) is 17.4. The number of benzene rings is 1. The van der Waals surface area contributed by atoms with Crippen LogP contribution in [0.5, 0.6) is 5.75 Å². The van der Waals surface area contributed by atoms with Gasteiger partial charge in [-0.1, -0.05) is 11.8 Å². The predicted octanol–water partition coefficient (Wildman–Crippen LogP) is 3.26. The van der Waals surface area contributed by atoms with Gasteiger partial charge in [-0.05, 0) is 45.4 Å². The van der Waals surface area contributed by atoms with Crippen molar-refractivity contribution >= 4 is 28.7 Å². The number of aliphatic imine (C=N–C) groups is 1. The minimum atomic E-state index is -0.540. The molecule has 0 aromatic heterocycles. The molecular weight excluding hydrogens is 326 g/mol. The fourth-order valence-corrected chi connectivity index (χ4v) is 3.96. The number of amides is 1. The van der Waals surface area contributed by atoms with Crippen molar-refractivity contribution < 1.29 is 14.3 Å². The van der Waals surface area contributed by atoms with Crippen LogP contribution in [0, 0.1) is 0 Å². The first kappa shape index (κ1) is 17.0. The van der Waals surface area contributed by atoms with Gasteiger partial charge in [0.15, 0.2) is 5.17 Å². The minimum absolute atomic E-state index is 0.390. The molecule has 1 spiro atoms. The number of carbonyl (C=O) groups is 1. The van der Waals surface area contributed by atoms with Crippen LogP contribution in [0.25, 0.3) is 0 Å². The van der Waals surface area contributed by atoms with E-state index >= 15 is 0 Å². The highest BCUT2D eigenvalue weighted by atomic mass is 32.2. The minimum Gasteiger partial charge on any atom is -0.493 e. The molecule has 2 aliphatic heterocycles. The number of nitrogens with one attached hydrogen (secondary N) is 1. The molecule has 1 unspecified atom stereocenters. The van der Waals surface area contributed by atoms with E-state index < -0.39 is 17.2 Å². The summed E-state index contributed by atoms with van der Waals surface area (Å²) in [5.74, 6) is 1.69. The van der Waals surface area contributed by atoms with Crippen LogP contribution >= 0.6 is 11.8 Å². The second-order valence-corrected chi connectivity index (χ2v) is 8.11. The molecule has 2 heterocycles. The maximum atomic E-state index is 12.0. The van der Waals surface area contributed by atoms with Gasteiger partial charge in [-0.15, -0.1) is 0 Å². The fraction of sp³-hybridized carbons (Fsp3) is 0.529. The number of nitrogens with two attached hydrogens (primary N) is 1. The van der Waals surface area contributed by atoms with E-state index in [0.29, 0.717) is 17.5 Å². The summed E-state index contributed by atoms with van der Waals surface area (Å²) in [6.45, 7) is 6.11. The number of anilines is 1. The molecule has 6 nitrogen and oxygen atoms in total. The van der Waals surface area contributed by atoms with Gasteiger partial charge < -0.3 is 15.2 Å². The first-order chi connectivity index (χ1) is 11.3. The third kappa shape index (κ3) is 3.61.